The second-order valence-electron chi connectivity index (χ2n) is 4.96. The van der Waals surface area contributed by atoms with Crippen LogP contribution in [0.25, 0.3) is 0 Å². The van der Waals surface area contributed by atoms with E-state index in [4.69, 9.17) is 9.47 Å². The minimum atomic E-state index is -0.641. The maximum absolute atomic E-state index is 13.2. The third kappa shape index (κ3) is 3.53. The van der Waals surface area contributed by atoms with Crippen LogP contribution < -0.4 is 0 Å². The number of aliphatic hydroxyl groups is 1. The summed E-state index contributed by atoms with van der Waals surface area (Å²) in [7, 11) is 0. The van der Waals surface area contributed by atoms with Crippen molar-refractivity contribution in [2.75, 3.05) is 19.8 Å². The van der Waals surface area contributed by atoms with Crippen LogP contribution in [0.3, 0.4) is 0 Å². The van der Waals surface area contributed by atoms with Gasteiger partial charge < -0.3 is 14.6 Å². The molecule has 1 fully saturated rings. The van der Waals surface area contributed by atoms with Crippen LogP contribution in [0.2, 0.25) is 0 Å². The van der Waals surface area contributed by atoms with Crippen molar-refractivity contribution in [1.29, 1.82) is 0 Å². The second-order valence-corrected chi connectivity index (χ2v) is 4.96. The minimum Gasteiger partial charge on any atom is -0.390 e. The second kappa shape index (κ2) is 6.46. The molecule has 106 valence electrons. The largest absolute Gasteiger partial charge is 0.390 e. The lowest BCUT2D eigenvalue weighted by atomic mass is 9.84. The van der Waals surface area contributed by atoms with Crippen molar-refractivity contribution < 1.29 is 19.0 Å². The number of ether oxygens (including phenoxy) is 2. The predicted molar refractivity (Wildman–Crippen MR) is 70.5 cm³/mol. The highest BCUT2D eigenvalue weighted by molar-refractivity contribution is 5.18. The Morgan fingerprint density at radius 3 is 2.79 bits per heavy atom. The molecule has 1 unspecified atom stereocenters. The Morgan fingerprint density at radius 1 is 1.42 bits per heavy atom. The van der Waals surface area contributed by atoms with Crippen molar-refractivity contribution in [3.8, 4) is 0 Å². The van der Waals surface area contributed by atoms with Gasteiger partial charge in [-0.25, -0.2) is 4.39 Å². The van der Waals surface area contributed by atoms with Gasteiger partial charge in [0, 0.05) is 39.1 Å². The van der Waals surface area contributed by atoms with Gasteiger partial charge in [-0.05, 0) is 24.6 Å². The molecule has 0 radical (unpaired) electrons. The number of benzene rings is 1. The zero-order chi connectivity index (χ0) is 13.7. The molecule has 0 amide bonds. The van der Waals surface area contributed by atoms with E-state index in [9.17, 15) is 9.50 Å². The minimum absolute atomic E-state index is 0.276. The molecule has 0 aromatic heterocycles. The van der Waals surface area contributed by atoms with Crippen LogP contribution >= 0.6 is 0 Å². The Labute approximate surface area is 113 Å². The van der Waals surface area contributed by atoms with Gasteiger partial charge in [0.05, 0.1) is 11.7 Å². The Balaban J connectivity index is 2.08. The highest BCUT2D eigenvalue weighted by atomic mass is 19.1. The predicted octanol–water partition coefficient (Wildman–Crippen LogP) is 2.31. The summed E-state index contributed by atoms with van der Waals surface area (Å²) in [4.78, 5) is 0. The van der Waals surface area contributed by atoms with E-state index in [2.05, 4.69) is 0 Å². The molecule has 19 heavy (non-hydrogen) atoms. The Kier molecular flexibility index (Phi) is 4.91. The lowest BCUT2D eigenvalue weighted by Crippen LogP contribution is -2.50. The summed E-state index contributed by atoms with van der Waals surface area (Å²) < 4.78 is 24.3. The Morgan fingerprint density at radius 2 is 2.16 bits per heavy atom. The van der Waals surface area contributed by atoms with Crippen LogP contribution in [0.1, 0.15) is 25.3 Å². The topological polar surface area (TPSA) is 38.7 Å². The monoisotopic (exact) mass is 268 g/mol. The van der Waals surface area contributed by atoms with E-state index < -0.39 is 11.7 Å². The highest BCUT2D eigenvalue weighted by Gasteiger charge is 2.40. The van der Waals surface area contributed by atoms with E-state index in [0.717, 1.165) is 5.56 Å². The summed E-state index contributed by atoms with van der Waals surface area (Å²) in [5.74, 6) is -0.276. The van der Waals surface area contributed by atoms with Gasteiger partial charge in [0.25, 0.3) is 0 Å². The van der Waals surface area contributed by atoms with E-state index in [1.807, 2.05) is 13.0 Å². The highest BCUT2D eigenvalue weighted by Crippen LogP contribution is 2.30. The normalized spacial score (nSPS) is 20.2. The summed E-state index contributed by atoms with van der Waals surface area (Å²) in [6.07, 6.45) is 1.12. The van der Waals surface area contributed by atoms with Gasteiger partial charge in [0.15, 0.2) is 0 Å². The van der Waals surface area contributed by atoms with Crippen LogP contribution in [0.5, 0.6) is 0 Å². The summed E-state index contributed by atoms with van der Waals surface area (Å²) in [5, 5.41) is 10.5. The molecule has 3 nitrogen and oxygen atoms in total. The smallest absolute Gasteiger partial charge is 0.123 e. The first kappa shape index (κ1) is 14.4. The molecular weight excluding hydrogens is 247 g/mol. The Bertz CT molecular complexity index is 397. The van der Waals surface area contributed by atoms with E-state index in [-0.39, 0.29) is 5.82 Å². The lowest BCUT2D eigenvalue weighted by molar-refractivity contribution is -0.165. The van der Waals surface area contributed by atoms with Crippen molar-refractivity contribution in [2.24, 2.45) is 0 Å². The van der Waals surface area contributed by atoms with E-state index in [1.54, 1.807) is 6.07 Å². The fraction of sp³-hybridized carbons (Fsp3) is 0.600. The van der Waals surface area contributed by atoms with Gasteiger partial charge in [-0.15, -0.1) is 0 Å². The number of halogens is 1. The Hall–Kier alpha value is -0.970. The molecule has 0 aliphatic carbocycles. The van der Waals surface area contributed by atoms with Gasteiger partial charge in [-0.1, -0.05) is 12.1 Å². The molecule has 1 heterocycles. The van der Waals surface area contributed by atoms with Crippen LogP contribution in [-0.2, 0) is 15.9 Å². The molecule has 1 aliphatic rings. The third-order valence-electron chi connectivity index (χ3n) is 3.70. The van der Waals surface area contributed by atoms with Gasteiger partial charge in [0.2, 0.25) is 0 Å². The first-order valence-corrected chi connectivity index (χ1v) is 6.80. The molecule has 0 saturated carbocycles. The van der Waals surface area contributed by atoms with Gasteiger partial charge in [-0.3, -0.25) is 0 Å². The van der Waals surface area contributed by atoms with Crippen LogP contribution in [0, 0.1) is 5.82 Å². The first-order valence-electron chi connectivity index (χ1n) is 6.80. The summed E-state index contributed by atoms with van der Waals surface area (Å²) in [6.45, 7) is 3.67. The maximum Gasteiger partial charge on any atom is 0.123 e. The molecule has 1 aliphatic heterocycles. The van der Waals surface area contributed by atoms with Crippen molar-refractivity contribution in [3.63, 3.8) is 0 Å². The molecule has 1 aromatic rings. The summed E-state index contributed by atoms with van der Waals surface area (Å²) >= 11 is 0. The van der Waals surface area contributed by atoms with Crippen LogP contribution in [0.15, 0.2) is 24.3 Å². The maximum atomic E-state index is 13.2. The van der Waals surface area contributed by atoms with Crippen molar-refractivity contribution in [1.82, 2.24) is 0 Å². The van der Waals surface area contributed by atoms with Crippen molar-refractivity contribution >= 4 is 0 Å². The van der Waals surface area contributed by atoms with Gasteiger partial charge in [-0.2, -0.15) is 0 Å². The fourth-order valence-electron chi connectivity index (χ4n) is 2.65. The number of hydrogen-bond acceptors (Lipinski definition) is 3. The number of rotatable bonds is 5. The third-order valence-corrected chi connectivity index (χ3v) is 3.70. The lowest BCUT2D eigenvalue weighted by Gasteiger charge is -2.40. The standard InChI is InChI=1S/C15H21FO3/c1-2-19-15(6-8-18-9-7-15)14(17)11-12-4-3-5-13(16)10-12/h3-5,10,14,17H,2,6-9,11H2,1H3. The van der Waals surface area contributed by atoms with E-state index in [0.29, 0.717) is 39.1 Å². The molecule has 2 rings (SSSR count). The molecule has 1 aromatic carbocycles. The van der Waals surface area contributed by atoms with Crippen LogP contribution in [0.4, 0.5) is 4.39 Å². The average molecular weight is 268 g/mol. The fourth-order valence-corrected chi connectivity index (χ4v) is 2.65. The van der Waals surface area contributed by atoms with E-state index >= 15 is 0 Å². The molecule has 1 N–H and O–H groups in total. The quantitative estimate of drug-likeness (QED) is 0.890. The van der Waals surface area contributed by atoms with Crippen LogP contribution in [-0.4, -0.2) is 36.6 Å². The van der Waals surface area contributed by atoms with Gasteiger partial charge >= 0.3 is 0 Å². The molecule has 1 saturated heterocycles. The average Bonchev–Trinajstić information content (AvgIpc) is 2.40. The summed E-state index contributed by atoms with van der Waals surface area (Å²) in [6, 6.07) is 6.35. The zero-order valence-electron chi connectivity index (χ0n) is 11.3. The zero-order valence-corrected chi connectivity index (χ0v) is 11.3. The van der Waals surface area contributed by atoms with Gasteiger partial charge in [0.1, 0.15) is 5.82 Å². The van der Waals surface area contributed by atoms with E-state index in [1.165, 1.54) is 12.1 Å². The summed E-state index contributed by atoms with van der Waals surface area (Å²) in [5.41, 5.74) is 0.234. The molecule has 1 atom stereocenters. The van der Waals surface area contributed by atoms with Crippen molar-refractivity contribution in [3.05, 3.63) is 35.6 Å². The SMILES string of the molecule is CCOC1(C(O)Cc2cccc(F)c2)CCOCC1. The first-order chi connectivity index (χ1) is 9.16. The number of aliphatic hydroxyl groups excluding tert-OH is 1. The molecular formula is C15H21FO3. The van der Waals surface area contributed by atoms with Crippen molar-refractivity contribution in [2.45, 2.75) is 37.9 Å². The number of hydrogen-bond donors (Lipinski definition) is 1. The molecule has 4 heteroatoms. The molecule has 0 spiro atoms. The molecule has 0 bridgehead atoms.